The quantitative estimate of drug-likeness (QED) is 0.807. The van der Waals surface area contributed by atoms with Gasteiger partial charge in [0, 0.05) is 18.8 Å². The summed E-state index contributed by atoms with van der Waals surface area (Å²) in [5, 5.41) is 2.64. The molecular weight excluding hydrogens is 264 g/mol. The first kappa shape index (κ1) is 14.1. The molecule has 0 spiro atoms. The first-order chi connectivity index (χ1) is 9.86. The molecule has 2 aliphatic rings. The number of carbonyl (C=O) groups is 2. The van der Waals surface area contributed by atoms with Crippen molar-refractivity contribution in [2.75, 3.05) is 23.3 Å². The van der Waals surface area contributed by atoms with E-state index >= 15 is 0 Å². The highest BCUT2D eigenvalue weighted by atomic mass is 16.2. The zero-order valence-electron chi connectivity index (χ0n) is 12.9. The van der Waals surface area contributed by atoms with Crippen molar-refractivity contribution in [3.05, 3.63) is 23.8 Å². The topological polar surface area (TPSA) is 49.4 Å². The molecule has 0 atom stereocenters. The molecule has 0 unspecified atom stereocenters. The van der Waals surface area contributed by atoms with E-state index < -0.39 is 11.7 Å². The maximum atomic E-state index is 11.6. The van der Waals surface area contributed by atoms with Gasteiger partial charge in [0.1, 0.15) is 0 Å². The lowest BCUT2D eigenvalue weighted by Gasteiger charge is -2.39. The zero-order chi connectivity index (χ0) is 15.2. The molecule has 1 saturated heterocycles. The minimum absolute atomic E-state index is 0.365. The molecule has 112 valence electrons. The lowest BCUT2D eigenvalue weighted by Crippen LogP contribution is -2.38. The van der Waals surface area contributed by atoms with Crippen LogP contribution in [0.4, 0.5) is 11.4 Å². The molecule has 2 aliphatic heterocycles. The summed E-state index contributed by atoms with van der Waals surface area (Å²) < 4.78 is 0. The number of carbonyl (C=O) groups excluding carboxylic acids is 2. The standard InChI is InChI=1S/C17H22N2O2/c1-17(2,3)11-6-8-19(9-7-11)12-4-5-13-14(10-12)18-16(21)15(13)20/h4-5,10-11H,6-9H2,1-3H3,(H,18,20,21). The van der Waals surface area contributed by atoms with E-state index in [1.165, 1.54) is 12.8 Å². The molecule has 0 aromatic heterocycles. The number of anilines is 2. The van der Waals surface area contributed by atoms with Crippen LogP contribution in [0.25, 0.3) is 0 Å². The van der Waals surface area contributed by atoms with Crippen LogP contribution in [0, 0.1) is 11.3 Å². The third-order valence-corrected chi connectivity index (χ3v) is 4.79. The van der Waals surface area contributed by atoms with Crippen molar-refractivity contribution in [2.45, 2.75) is 33.6 Å². The van der Waals surface area contributed by atoms with Crippen molar-refractivity contribution in [2.24, 2.45) is 11.3 Å². The molecule has 2 heterocycles. The van der Waals surface area contributed by atoms with Gasteiger partial charge in [0.15, 0.2) is 0 Å². The van der Waals surface area contributed by atoms with E-state index in [1.807, 2.05) is 12.1 Å². The molecule has 0 bridgehead atoms. The minimum Gasteiger partial charge on any atom is -0.371 e. The number of benzene rings is 1. The van der Waals surface area contributed by atoms with Gasteiger partial charge in [0.2, 0.25) is 0 Å². The summed E-state index contributed by atoms with van der Waals surface area (Å²) in [5.74, 6) is -0.193. The number of rotatable bonds is 1. The molecule has 1 aromatic carbocycles. The Morgan fingerprint density at radius 1 is 1.14 bits per heavy atom. The predicted molar refractivity (Wildman–Crippen MR) is 83.8 cm³/mol. The number of nitrogens with zero attached hydrogens (tertiary/aromatic N) is 1. The Kier molecular flexibility index (Phi) is 3.27. The maximum Gasteiger partial charge on any atom is 0.296 e. The third kappa shape index (κ3) is 2.55. The van der Waals surface area contributed by atoms with E-state index in [0.29, 0.717) is 16.7 Å². The third-order valence-electron chi connectivity index (χ3n) is 4.79. The van der Waals surface area contributed by atoms with Crippen molar-refractivity contribution < 1.29 is 9.59 Å². The fourth-order valence-corrected chi connectivity index (χ4v) is 3.34. The summed E-state index contributed by atoms with van der Waals surface area (Å²) in [4.78, 5) is 25.4. The SMILES string of the molecule is CC(C)(C)C1CCN(c2ccc3c(c2)NC(=O)C3=O)CC1. The highest BCUT2D eigenvalue weighted by Gasteiger charge is 2.31. The van der Waals surface area contributed by atoms with Crippen molar-refractivity contribution in [1.82, 2.24) is 0 Å². The molecule has 0 aliphatic carbocycles. The van der Waals surface area contributed by atoms with Crippen LogP contribution in [-0.2, 0) is 4.79 Å². The first-order valence-corrected chi connectivity index (χ1v) is 7.61. The number of Topliss-reactive ketones (excluding diaryl/α,β-unsaturated/α-hetero) is 1. The van der Waals surface area contributed by atoms with Gasteiger partial charge in [0.25, 0.3) is 11.7 Å². The molecule has 4 nitrogen and oxygen atoms in total. The Labute approximate surface area is 125 Å². The molecule has 3 rings (SSSR count). The van der Waals surface area contributed by atoms with Gasteiger partial charge in [-0.15, -0.1) is 0 Å². The second kappa shape index (κ2) is 4.86. The van der Waals surface area contributed by atoms with Crippen molar-refractivity contribution in [3.63, 3.8) is 0 Å². The average molecular weight is 286 g/mol. The van der Waals surface area contributed by atoms with E-state index in [2.05, 4.69) is 31.0 Å². The number of ketones is 1. The summed E-state index contributed by atoms with van der Waals surface area (Å²) in [7, 11) is 0. The number of nitrogens with one attached hydrogen (secondary N) is 1. The number of hydrogen-bond donors (Lipinski definition) is 1. The second-order valence-corrected chi connectivity index (χ2v) is 7.14. The number of amides is 1. The molecule has 0 saturated carbocycles. The number of fused-ring (bicyclic) bond motifs is 1. The van der Waals surface area contributed by atoms with Crippen LogP contribution in [0.2, 0.25) is 0 Å². The Morgan fingerprint density at radius 3 is 2.43 bits per heavy atom. The minimum atomic E-state index is -0.520. The van der Waals surface area contributed by atoms with Gasteiger partial charge < -0.3 is 10.2 Å². The van der Waals surface area contributed by atoms with Gasteiger partial charge in [-0.3, -0.25) is 9.59 Å². The van der Waals surface area contributed by atoms with Crippen LogP contribution in [0.5, 0.6) is 0 Å². The molecule has 0 radical (unpaired) electrons. The van der Waals surface area contributed by atoms with Crippen LogP contribution in [0.15, 0.2) is 18.2 Å². The molecule has 4 heteroatoms. The molecule has 1 amide bonds. The largest absolute Gasteiger partial charge is 0.371 e. The van der Waals surface area contributed by atoms with Crippen molar-refractivity contribution in [3.8, 4) is 0 Å². The molecule has 21 heavy (non-hydrogen) atoms. The van der Waals surface area contributed by atoms with E-state index in [1.54, 1.807) is 6.07 Å². The smallest absolute Gasteiger partial charge is 0.296 e. The van der Waals surface area contributed by atoms with Crippen LogP contribution in [0.1, 0.15) is 44.0 Å². The van der Waals surface area contributed by atoms with Crippen LogP contribution < -0.4 is 10.2 Å². The number of hydrogen-bond acceptors (Lipinski definition) is 3. The van der Waals surface area contributed by atoms with Gasteiger partial charge in [0.05, 0.1) is 11.3 Å². The summed E-state index contributed by atoms with van der Waals surface area (Å²) in [6, 6.07) is 5.64. The second-order valence-electron chi connectivity index (χ2n) is 7.14. The van der Waals surface area contributed by atoms with Gasteiger partial charge in [-0.25, -0.2) is 0 Å². The Morgan fingerprint density at radius 2 is 1.81 bits per heavy atom. The zero-order valence-corrected chi connectivity index (χ0v) is 12.9. The summed E-state index contributed by atoms with van der Waals surface area (Å²) in [6.07, 6.45) is 2.37. The highest BCUT2D eigenvalue weighted by Crippen LogP contribution is 2.36. The number of piperidine rings is 1. The van der Waals surface area contributed by atoms with Crippen molar-refractivity contribution in [1.29, 1.82) is 0 Å². The monoisotopic (exact) mass is 286 g/mol. The average Bonchev–Trinajstić information content (AvgIpc) is 2.73. The Hall–Kier alpha value is -1.84. The fourth-order valence-electron chi connectivity index (χ4n) is 3.34. The van der Waals surface area contributed by atoms with Crippen LogP contribution in [-0.4, -0.2) is 24.8 Å². The fraction of sp³-hybridized carbons (Fsp3) is 0.529. The molecule has 1 fully saturated rings. The van der Waals surface area contributed by atoms with Gasteiger partial charge in [-0.2, -0.15) is 0 Å². The van der Waals surface area contributed by atoms with E-state index in [0.717, 1.165) is 24.7 Å². The van der Waals surface area contributed by atoms with Gasteiger partial charge >= 0.3 is 0 Å². The summed E-state index contributed by atoms with van der Waals surface area (Å²) in [6.45, 7) is 8.99. The predicted octanol–water partition coefficient (Wildman–Crippen LogP) is 3.08. The highest BCUT2D eigenvalue weighted by molar-refractivity contribution is 6.51. The van der Waals surface area contributed by atoms with E-state index in [4.69, 9.17) is 0 Å². The first-order valence-electron chi connectivity index (χ1n) is 7.61. The lowest BCUT2D eigenvalue weighted by atomic mass is 9.75. The van der Waals surface area contributed by atoms with Gasteiger partial charge in [-0.1, -0.05) is 20.8 Å². The van der Waals surface area contributed by atoms with Gasteiger partial charge in [-0.05, 0) is 42.4 Å². The summed E-state index contributed by atoms with van der Waals surface area (Å²) >= 11 is 0. The lowest BCUT2D eigenvalue weighted by molar-refractivity contribution is -0.112. The molecule has 1 aromatic rings. The van der Waals surface area contributed by atoms with E-state index in [9.17, 15) is 9.59 Å². The normalized spacial score (nSPS) is 19.7. The Bertz CT molecular complexity index is 593. The molecular formula is C17H22N2O2. The maximum absolute atomic E-state index is 11.6. The Balaban J connectivity index is 1.74. The van der Waals surface area contributed by atoms with E-state index in [-0.39, 0.29) is 0 Å². The molecule has 1 N–H and O–H groups in total. The van der Waals surface area contributed by atoms with Crippen LogP contribution in [0.3, 0.4) is 0 Å². The van der Waals surface area contributed by atoms with Crippen LogP contribution >= 0.6 is 0 Å². The van der Waals surface area contributed by atoms with Crippen molar-refractivity contribution >= 4 is 23.1 Å². The summed E-state index contributed by atoms with van der Waals surface area (Å²) in [5.41, 5.74) is 2.61.